The summed E-state index contributed by atoms with van der Waals surface area (Å²) in [5, 5.41) is 54.0. The largest absolute Gasteiger partial charge is 4.00 e. The van der Waals surface area contributed by atoms with Crippen LogP contribution in [0.25, 0.3) is 11.0 Å². The number of nitrogens with two attached hydrogens (primary N) is 1. The molecule has 3 aromatic rings. The van der Waals surface area contributed by atoms with Gasteiger partial charge < -0.3 is 41.9 Å². The number of aromatic nitrogens is 2. The van der Waals surface area contributed by atoms with E-state index in [1.807, 2.05) is 4.90 Å². The maximum absolute atomic E-state index is 13.1. The smallest absolute Gasteiger partial charge is 0.506 e. The van der Waals surface area contributed by atoms with Crippen LogP contribution in [0.15, 0.2) is 42.6 Å². The summed E-state index contributed by atoms with van der Waals surface area (Å²) < 4.78 is 0. The van der Waals surface area contributed by atoms with Crippen molar-refractivity contribution in [3.63, 3.8) is 0 Å². The van der Waals surface area contributed by atoms with E-state index in [-0.39, 0.29) is 124 Å². The van der Waals surface area contributed by atoms with E-state index in [4.69, 9.17) is 5.73 Å². The van der Waals surface area contributed by atoms with Crippen LogP contribution in [0, 0.1) is 5.92 Å². The van der Waals surface area contributed by atoms with Crippen LogP contribution in [0.5, 0.6) is 5.75 Å². The zero-order chi connectivity index (χ0) is 41.5. The van der Waals surface area contributed by atoms with Crippen molar-refractivity contribution < 1.29 is 74.4 Å². The fourth-order valence-electron chi connectivity index (χ4n) is 6.28. The van der Waals surface area contributed by atoms with Crippen molar-refractivity contribution in [3.8, 4) is 5.75 Å². The zero-order valence-electron chi connectivity index (χ0n) is 31.8. The molecule has 0 spiro atoms. The number of hydrogen-bond donors (Lipinski definition) is 8. The first kappa shape index (κ1) is 47.1. The van der Waals surface area contributed by atoms with Gasteiger partial charge in [-0.15, -0.1) is 0 Å². The van der Waals surface area contributed by atoms with Crippen LogP contribution in [-0.4, -0.2) is 169 Å². The van der Waals surface area contributed by atoms with Crippen molar-refractivity contribution >= 4 is 58.0 Å². The van der Waals surface area contributed by atoms with Gasteiger partial charge in [-0.3, -0.25) is 48.4 Å². The molecule has 1 aromatic heterocycles. The molecule has 1 radical (unpaired) electrons. The quantitative estimate of drug-likeness (QED) is 0.0599. The van der Waals surface area contributed by atoms with E-state index < -0.39 is 41.5 Å². The minimum absolute atomic E-state index is 0. The molecule has 311 valence electrons. The Morgan fingerprint density at radius 2 is 1.28 bits per heavy atom. The van der Waals surface area contributed by atoms with Gasteiger partial charge in [0.15, 0.2) is 5.78 Å². The number of Topliss-reactive ketones (excluding diaryl/α,β-unsaturated/α-hetero) is 1. The maximum atomic E-state index is 13.1. The monoisotopic (exact) mass is 894 g/mol. The Morgan fingerprint density at radius 1 is 0.759 bits per heavy atom. The van der Waals surface area contributed by atoms with Gasteiger partial charge >= 0.3 is 44.0 Å². The molecular weight excluding hydrogens is 845 g/mol. The minimum atomic E-state index is -1.43. The number of hydrogen-bond acceptors (Lipinski definition) is 15. The fraction of sp³-hybridized carbons (Fsp3) is 0.459. The number of phenolic OH excluding ortho intramolecular Hbond substituents is 1. The van der Waals surface area contributed by atoms with E-state index >= 15 is 0 Å². The Morgan fingerprint density at radius 3 is 1.78 bits per heavy atom. The van der Waals surface area contributed by atoms with Crippen LogP contribution in [0.2, 0.25) is 0 Å². The Balaban J connectivity index is 0.00000900. The molecule has 4 rings (SSSR count). The molecule has 58 heavy (non-hydrogen) atoms. The number of aliphatic carboxylic acids is 4. The van der Waals surface area contributed by atoms with Crippen LogP contribution in [0.4, 0.5) is 11.4 Å². The normalized spacial score (nSPS) is 15.6. The molecule has 1 fully saturated rings. The third-order valence-corrected chi connectivity index (χ3v) is 9.36. The van der Waals surface area contributed by atoms with Crippen molar-refractivity contribution in [2.75, 3.05) is 89.7 Å². The molecule has 1 aliphatic heterocycles. The number of anilines is 2. The molecule has 0 bridgehead atoms. The number of carboxylic acids is 4. The number of aromatic hydroxyl groups is 1. The second kappa shape index (κ2) is 23.2. The second-order valence-corrected chi connectivity index (χ2v) is 13.8. The number of carbonyl (C=O) groups excluding carboxylic acids is 2. The molecule has 20 nitrogen and oxygen atoms in total. The Kier molecular flexibility index (Phi) is 18.8. The summed E-state index contributed by atoms with van der Waals surface area (Å²) in [6, 6.07) is 9.85. The Hall–Kier alpha value is -5.31. The van der Waals surface area contributed by atoms with E-state index in [0.29, 0.717) is 40.2 Å². The van der Waals surface area contributed by atoms with E-state index in [2.05, 4.69) is 20.6 Å². The van der Waals surface area contributed by atoms with Gasteiger partial charge in [-0.25, -0.2) is 9.97 Å². The van der Waals surface area contributed by atoms with Gasteiger partial charge in [-0.2, -0.15) is 0 Å². The molecule has 0 aliphatic carbocycles. The number of nitrogen functional groups attached to an aromatic ring is 1. The van der Waals surface area contributed by atoms with Gasteiger partial charge in [0.1, 0.15) is 17.2 Å². The summed E-state index contributed by atoms with van der Waals surface area (Å²) >= 11 is 0. The number of nitrogens with one attached hydrogen (secondary N) is 2. The molecule has 1 amide bonds. The molecule has 0 saturated carbocycles. The predicted molar refractivity (Wildman–Crippen MR) is 205 cm³/mol. The first-order valence-corrected chi connectivity index (χ1v) is 18.3. The number of carboxylic acid groups (broad SMARTS) is 4. The summed E-state index contributed by atoms with van der Waals surface area (Å²) in [7, 11) is 0. The second-order valence-electron chi connectivity index (χ2n) is 13.8. The summed E-state index contributed by atoms with van der Waals surface area (Å²) in [6.45, 7) is 1.53. The summed E-state index contributed by atoms with van der Waals surface area (Å²) in [5.74, 6) is -7.08. The summed E-state index contributed by atoms with van der Waals surface area (Å²) in [4.78, 5) is 88.0. The van der Waals surface area contributed by atoms with Crippen LogP contribution in [0.1, 0.15) is 24.1 Å². The van der Waals surface area contributed by atoms with Crippen LogP contribution in [-0.2, 0) is 61.8 Å². The molecule has 9 N–H and O–H groups in total. The molecule has 21 heteroatoms. The SMILES string of the molecule is Nc1cc(O)c2ncc(CNc3ccc(CC(=O)C(CCC(=O)NCN4CCN(CC(=O)O)CCN(CC(=O)O)CCN(CC(=O)O)CC4)C(=O)O)cc3)nc2c1.[99Tc+4]. The van der Waals surface area contributed by atoms with Gasteiger partial charge in [0.25, 0.3) is 0 Å². The molecule has 2 heterocycles. The van der Waals surface area contributed by atoms with Gasteiger partial charge in [0.2, 0.25) is 5.91 Å². The predicted octanol–water partition coefficient (Wildman–Crippen LogP) is -0.331. The van der Waals surface area contributed by atoms with Crippen molar-refractivity contribution in [3.05, 3.63) is 53.9 Å². The summed E-state index contributed by atoms with van der Waals surface area (Å²) in [6.07, 6.45) is 0.878. The average molecular weight is 895 g/mol. The molecule has 1 atom stereocenters. The van der Waals surface area contributed by atoms with Crippen LogP contribution < -0.4 is 16.4 Å². The number of carbonyl (C=O) groups is 6. The van der Waals surface area contributed by atoms with Gasteiger partial charge in [0.05, 0.1) is 50.3 Å². The van der Waals surface area contributed by atoms with Crippen molar-refractivity contribution in [2.45, 2.75) is 25.8 Å². The van der Waals surface area contributed by atoms with Crippen LogP contribution >= 0.6 is 0 Å². The van der Waals surface area contributed by atoms with Gasteiger partial charge in [-0.1, -0.05) is 12.1 Å². The number of phenols is 1. The molecule has 1 saturated heterocycles. The number of nitrogens with zero attached hydrogens (tertiary/aromatic N) is 6. The van der Waals surface area contributed by atoms with Gasteiger partial charge in [-0.05, 0) is 30.2 Å². The number of ketones is 1. The molecule has 2 aromatic carbocycles. The maximum Gasteiger partial charge on any atom is 4.00 e. The molecule has 1 aliphatic rings. The average Bonchev–Trinajstić information content (AvgIpc) is 3.13. The zero-order valence-corrected chi connectivity index (χ0v) is 33.6. The van der Waals surface area contributed by atoms with E-state index in [1.54, 1.807) is 45.0 Å². The number of amides is 1. The topological polar surface area (TPSA) is 292 Å². The molecule has 1 unspecified atom stereocenters. The van der Waals surface area contributed by atoms with Crippen molar-refractivity contribution in [1.29, 1.82) is 0 Å². The van der Waals surface area contributed by atoms with Crippen LogP contribution in [0.3, 0.4) is 0 Å². The fourth-order valence-corrected chi connectivity index (χ4v) is 6.28. The van der Waals surface area contributed by atoms with E-state index in [1.165, 1.54) is 12.3 Å². The standard InChI is InChI=1S/C37H49N9O11.Tc/c38-25-16-29-36(31(48)17-25)40-19-27(42-29)18-39-26-3-1-24(2-4-26)15-30(47)28(37(56)57)5-6-32(49)41-23-46-13-11-44(21-34(52)53)9-7-43(20-33(50)51)8-10-45(12-14-46)22-35(54)55;/h1-4,16-17,19,28,39,48H,5-15,18,20-23,38H2,(H,41,49)(H,50,51)(H,52,53)(H,54,55)(H,56,57);/q;+4/i;1+1. The minimum Gasteiger partial charge on any atom is -0.506 e. The Bertz CT molecular complexity index is 1870. The third kappa shape index (κ3) is 15.9. The van der Waals surface area contributed by atoms with Crippen molar-refractivity contribution in [2.24, 2.45) is 5.92 Å². The Labute approximate surface area is 347 Å². The van der Waals surface area contributed by atoms with Crippen molar-refractivity contribution in [1.82, 2.24) is 34.9 Å². The number of benzene rings is 2. The van der Waals surface area contributed by atoms with Gasteiger partial charge in [0, 0.05) is 82.6 Å². The third-order valence-electron chi connectivity index (χ3n) is 9.36. The first-order chi connectivity index (χ1) is 27.1. The number of rotatable bonds is 18. The number of fused-ring (bicyclic) bond motifs is 1. The van der Waals surface area contributed by atoms with E-state index in [9.17, 15) is 54.3 Å². The summed E-state index contributed by atoms with van der Waals surface area (Å²) in [5.41, 5.74) is 8.81. The molecular formula is C37H49N9O11Tc+4. The first-order valence-electron chi connectivity index (χ1n) is 18.3. The van der Waals surface area contributed by atoms with E-state index in [0.717, 1.165) is 0 Å².